The van der Waals surface area contributed by atoms with E-state index in [9.17, 15) is 4.79 Å². The van der Waals surface area contributed by atoms with E-state index in [2.05, 4.69) is 0 Å². The van der Waals surface area contributed by atoms with Crippen LogP contribution in [0.15, 0.2) is 24.3 Å². The lowest BCUT2D eigenvalue weighted by Crippen LogP contribution is -2.55. The van der Waals surface area contributed by atoms with E-state index in [0.29, 0.717) is 5.56 Å². The lowest BCUT2D eigenvalue weighted by Gasteiger charge is -2.38. The molecule has 0 saturated heterocycles. The molecule has 0 heterocycles. The van der Waals surface area contributed by atoms with E-state index in [0.717, 1.165) is 11.7 Å². The largest absolute Gasteiger partial charge is 0.428 e. The van der Waals surface area contributed by atoms with Gasteiger partial charge in [0.1, 0.15) is 6.29 Å². The Bertz CT molecular complexity index is 397. The van der Waals surface area contributed by atoms with Crippen LogP contribution in [0.2, 0.25) is 0 Å². The van der Waals surface area contributed by atoms with Crippen molar-refractivity contribution in [3.8, 4) is 0 Å². The second-order valence-corrected chi connectivity index (χ2v) is 5.26. The van der Waals surface area contributed by atoms with Crippen molar-refractivity contribution < 1.29 is 9.45 Å². The van der Waals surface area contributed by atoms with E-state index in [1.165, 1.54) is 0 Å². The van der Waals surface area contributed by atoms with Crippen molar-refractivity contribution in [1.29, 1.82) is 0 Å². The molecule has 0 aliphatic carbocycles. The van der Waals surface area contributed by atoms with Gasteiger partial charge < -0.3 is 10.4 Å². The molecule has 1 aromatic rings. The number of benzene rings is 1. The van der Waals surface area contributed by atoms with E-state index >= 15 is 0 Å². The molecule has 91 valence electrons. The third-order valence-electron chi connectivity index (χ3n) is 3.09. The molecule has 0 fully saturated rings. The van der Waals surface area contributed by atoms with Gasteiger partial charge in [0.15, 0.2) is 0 Å². The Morgan fingerprint density at radius 2 is 1.94 bits per heavy atom. The van der Waals surface area contributed by atoms with Gasteiger partial charge in [-0.1, -0.05) is 29.7 Å². The van der Waals surface area contributed by atoms with E-state index < -0.39 is 11.1 Å². The van der Waals surface area contributed by atoms with Crippen LogP contribution in [0.1, 0.15) is 38.1 Å². The molecule has 4 heteroatoms. The average molecular weight is 232 g/mol. The predicted octanol–water partition coefficient (Wildman–Crippen LogP) is 1.28. The molecule has 0 spiro atoms. The SMILES string of the molecule is CC(C)(N)C(C)(C)O[B]c1cccc(C=O)c1. The second kappa shape index (κ2) is 5.02. The fraction of sp³-hybridized carbons (Fsp3) is 0.462. The van der Waals surface area contributed by atoms with Gasteiger partial charge in [0.2, 0.25) is 0 Å². The van der Waals surface area contributed by atoms with Crippen molar-refractivity contribution >= 4 is 19.2 Å². The number of hydrogen-bond donors (Lipinski definition) is 1. The van der Waals surface area contributed by atoms with Crippen LogP contribution in [0.5, 0.6) is 0 Å². The zero-order valence-corrected chi connectivity index (χ0v) is 10.9. The highest BCUT2D eigenvalue weighted by Crippen LogP contribution is 2.21. The van der Waals surface area contributed by atoms with Crippen molar-refractivity contribution in [2.45, 2.75) is 38.8 Å². The van der Waals surface area contributed by atoms with Crippen molar-refractivity contribution in [2.75, 3.05) is 0 Å². The molecule has 1 aromatic carbocycles. The minimum atomic E-state index is -0.482. The number of carbonyl (C=O) groups is 1. The molecule has 0 unspecified atom stereocenters. The van der Waals surface area contributed by atoms with Gasteiger partial charge in [-0.05, 0) is 27.7 Å². The van der Waals surface area contributed by atoms with E-state index in [4.69, 9.17) is 10.4 Å². The normalized spacial score (nSPS) is 12.3. The van der Waals surface area contributed by atoms with Gasteiger partial charge >= 0.3 is 7.48 Å². The monoisotopic (exact) mass is 232 g/mol. The van der Waals surface area contributed by atoms with Crippen molar-refractivity contribution in [3.05, 3.63) is 29.8 Å². The summed E-state index contributed by atoms with van der Waals surface area (Å²) in [4.78, 5) is 10.6. The molecule has 0 atom stereocenters. The van der Waals surface area contributed by atoms with Gasteiger partial charge in [-0.25, -0.2) is 0 Å². The topological polar surface area (TPSA) is 52.3 Å². The average Bonchev–Trinajstić information content (AvgIpc) is 2.25. The first-order valence-electron chi connectivity index (χ1n) is 5.61. The molecule has 2 N–H and O–H groups in total. The third kappa shape index (κ3) is 3.68. The summed E-state index contributed by atoms with van der Waals surface area (Å²) in [5.41, 5.74) is 6.58. The summed E-state index contributed by atoms with van der Waals surface area (Å²) in [6.45, 7) is 7.71. The Hall–Kier alpha value is -1.13. The van der Waals surface area contributed by atoms with Gasteiger partial charge in [-0.2, -0.15) is 0 Å². The Morgan fingerprint density at radius 1 is 1.29 bits per heavy atom. The highest BCUT2D eigenvalue weighted by atomic mass is 16.5. The first kappa shape index (κ1) is 13.9. The Labute approximate surface area is 104 Å². The summed E-state index contributed by atoms with van der Waals surface area (Å²) in [6.07, 6.45) is 0.815. The van der Waals surface area contributed by atoms with Crippen molar-refractivity contribution in [1.82, 2.24) is 0 Å². The lowest BCUT2D eigenvalue weighted by atomic mass is 9.81. The van der Waals surface area contributed by atoms with Crippen LogP contribution in [0.25, 0.3) is 0 Å². The summed E-state index contributed by atoms with van der Waals surface area (Å²) in [7, 11) is 1.64. The molecule has 0 aliphatic rings. The van der Waals surface area contributed by atoms with E-state index in [-0.39, 0.29) is 0 Å². The van der Waals surface area contributed by atoms with Gasteiger partial charge in [0, 0.05) is 11.1 Å². The molecule has 0 saturated carbocycles. The first-order chi connectivity index (χ1) is 7.76. The maximum atomic E-state index is 10.6. The van der Waals surface area contributed by atoms with Crippen LogP contribution < -0.4 is 11.2 Å². The quantitative estimate of drug-likeness (QED) is 0.614. The van der Waals surface area contributed by atoms with Crippen LogP contribution in [0, 0.1) is 0 Å². The zero-order valence-electron chi connectivity index (χ0n) is 10.9. The highest BCUT2D eigenvalue weighted by Gasteiger charge is 2.34. The van der Waals surface area contributed by atoms with Crippen LogP contribution >= 0.6 is 0 Å². The zero-order chi connectivity index (χ0) is 13.1. The summed E-state index contributed by atoms with van der Waals surface area (Å²) in [5, 5.41) is 0. The number of rotatable bonds is 5. The van der Waals surface area contributed by atoms with Gasteiger partial charge in [0.05, 0.1) is 5.60 Å². The third-order valence-corrected chi connectivity index (χ3v) is 3.09. The lowest BCUT2D eigenvalue weighted by molar-refractivity contribution is 0.0462. The Kier molecular flexibility index (Phi) is 4.12. The Balaban J connectivity index is 2.70. The molecule has 0 aliphatic heterocycles. The Morgan fingerprint density at radius 3 is 2.47 bits per heavy atom. The van der Waals surface area contributed by atoms with Gasteiger partial charge in [-0.15, -0.1) is 0 Å². The first-order valence-corrected chi connectivity index (χ1v) is 5.61. The summed E-state index contributed by atoms with van der Waals surface area (Å²) in [6, 6.07) is 7.22. The summed E-state index contributed by atoms with van der Waals surface area (Å²) in [5.74, 6) is 0. The molecule has 3 nitrogen and oxygen atoms in total. The number of carbonyl (C=O) groups excluding carboxylic acids is 1. The van der Waals surface area contributed by atoms with Crippen LogP contribution in [0.4, 0.5) is 0 Å². The van der Waals surface area contributed by atoms with Crippen molar-refractivity contribution in [2.24, 2.45) is 5.73 Å². The summed E-state index contributed by atoms with van der Waals surface area (Å²) < 4.78 is 5.71. The molecule has 17 heavy (non-hydrogen) atoms. The molecule has 0 aromatic heterocycles. The predicted molar refractivity (Wildman–Crippen MR) is 70.6 cm³/mol. The maximum absolute atomic E-state index is 10.6. The van der Waals surface area contributed by atoms with Gasteiger partial charge in [-0.3, -0.25) is 4.79 Å². The van der Waals surface area contributed by atoms with Crippen LogP contribution in [-0.2, 0) is 4.65 Å². The molecule has 1 radical (unpaired) electrons. The van der Waals surface area contributed by atoms with E-state index in [1.54, 1.807) is 19.6 Å². The number of hydrogen-bond acceptors (Lipinski definition) is 3. The minimum absolute atomic E-state index is 0.453. The highest BCUT2D eigenvalue weighted by molar-refractivity contribution is 6.47. The van der Waals surface area contributed by atoms with Gasteiger partial charge in [0.25, 0.3) is 0 Å². The van der Waals surface area contributed by atoms with Crippen molar-refractivity contribution in [3.63, 3.8) is 0 Å². The summed E-state index contributed by atoms with van der Waals surface area (Å²) >= 11 is 0. The molecular weight excluding hydrogens is 213 g/mol. The molecular formula is C13H19BNO2. The minimum Gasteiger partial charge on any atom is -0.428 e. The standard InChI is InChI=1S/C13H19BNO2/c1-12(2,15)13(3,4)17-14-11-7-5-6-10(8-11)9-16/h5-9H,15H2,1-4H3. The molecule has 0 bridgehead atoms. The smallest absolute Gasteiger partial charge is 0.330 e. The van der Waals surface area contributed by atoms with Crippen LogP contribution in [-0.4, -0.2) is 24.9 Å². The number of aldehydes is 1. The van der Waals surface area contributed by atoms with E-state index in [1.807, 2.05) is 39.8 Å². The fourth-order valence-corrected chi connectivity index (χ4v) is 1.07. The molecule has 1 rings (SSSR count). The molecule has 0 amide bonds. The number of nitrogens with two attached hydrogens (primary N) is 1. The fourth-order valence-electron chi connectivity index (χ4n) is 1.07. The van der Waals surface area contributed by atoms with Crippen LogP contribution in [0.3, 0.4) is 0 Å². The maximum Gasteiger partial charge on any atom is 0.330 e. The second-order valence-electron chi connectivity index (χ2n) is 5.26.